The fourth-order valence-electron chi connectivity index (χ4n) is 3.16. The van der Waals surface area contributed by atoms with Gasteiger partial charge in [-0.15, -0.1) is 13.2 Å². The average molecular weight is 464 g/mol. The number of rotatable bonds is 6. The molecule has 9 nitrogen and oxygen atoms in total. The quantitative estimate of drug-likeness (QED) is 0.568. The number of hydrogen-bond acceptors (Lipinski definition) is 5. The van der Waals surface area contributed by atoms with Gasteiger partial charge >= 0.3 is 18.4 Å². The Hall–Kier alpha value is -4.09. The summed E-state index contributed by atoms with van der Waals surface area (Å²) in [4.78, 5) is 49.8. The third-order valence-electron chi connectivity index (χ3n) is 4.79. The van der Waals surface area contributed by atoms with Crippen LogP contribution in [0.25, 0.3) is 0 Å². The standard InChI is InChI=1S/C21H19F3N4O5/c1-20(14-7-9-15(10-8-14)33-21(22,23)24)17(30)28(19(32)27-20)12-16(29)26-18(31)25-11-13-5-3-2-4-6-13/h2-10H,11-12H2,1H3,(H,27,32)(H2,25,26,29,31). The van der Waals surface area contributed by atoms with E-state index >= 15 is 0 Å². The smallest absolute Gasteiger partial charge is 0.406 e. The Morgan fingerprint density at radius 3 is 2.30 bits per heavy atom. The molecule has 1 unspecified atom stereocenters. The molecule has 12 heteroatoms. The molecule has 0 radical (unpaired) electrons. The van der Waals surface area contributed by atoms with Crippen LogP contribution in [0.5, 0.6) is 5.75 Å². The zero-order chi connectivity index (χ0) is 24.2. The molecule has 0 aromatic heterocycles. The number of imide groups is 2. The third-order valence-corrected chi connectivity index (χ3v) is 4.79. The van der Waals surface area contributed by atoms with Crippen molar-refractivity contribution >= 4 is 23.9 Å². The second-order valence-corrected chi connectivity index (χ2v) is 7.24. The van der Waals surface area contributed by atoms with E-state index < -0.39 is 48.1 Å². The van der Waals surface area contributed by atoms with E-state index in [9.17, 15) is 32.3 Å². The van der Waals surface area contributed by atoms with Gasteiger partial charge in [0.1, 0.15) is 17.8 Å². The minimum Gasteiger partial charge on any atom is -0.406 e. The zero-order valence-electron chi connectivity index (χ0n) is 17.2. The number of carbonyl (C=O) groups excluding carboxylic acids is 4. The first kappa shape index (κ1) is 23.6. The summed E-state index contributed by atoms with van der Waals surface area (Å²) in [5, 5.41) is 6.92. The second kappa shape index (κ2) is 9.18. The van der Waals surface area contributed by atoms with Crippen LogP contribution in [0.2, 0.25) is 0 Å². The monoisotopic (exact) mass is 464 g/mol. The van der Waals surface area contributed by atoms with E-state index in [4.69, 9.17) is 0 Å². The Balaban J connectivity index is 1.59. The summed E-state index contributed by atoms with van der Waals surface area (Å²) >= 11 is 0. The highest BCUT2D eigenvalue weighted by molar-refractivity contribution is 6.10. The van der Waals surface area contributed by atoms with Crippen LogP contribution >= 0.6 is 0 Å². The normalized spacial score (nSPS) is 18.0. The van der Waals surface area contributed by atoms with Crippen LogP contribution < -0.4 is 20.7 Å². The van der Waals surface area contributed by atoms with Crippen LogP contribution in [0.15, 0.2) is 54.6 Å². The minimum absolute atomic E-state index is 0.162. The van der Waals surface area contributed by atoms with Gasteiger partial charge in [-0.3, -0.25) is 19.8 Å². The Bertz CT molecular complexity index is 1060. The molecule has 3 N–H and O–H groups in total. The van der Waals surface area contributed by atoms with Crippen LogP contribution in [0.1, 0.15) is 18.1 Å². The first-order valence-electron chi connectivity index (χ1n) is 9.60. The highest BCUT2D eigenvalue weighted by Gasteiger charge is 2.49. The number of benzene rings is 2. The Kier molecular flexibility index (Phi) is 6.56. The van der Waals surface area contributed by atoms with Crippen molar-refractivity contribution in [2.75, 3.05) is 6.54 Å². The molecule has 1 atom stereocenters. The van der Waals surface area contributed by atoms with Gasteiger partial charge in [0, 0.05) is 6.54 Å². The lowest BCUT2D eigenvalue weighted by Gasteiger charge is -2.22. The number of halogens is 3. The summed E-state index contributed by atoms with van der Waals surface area (Å²) in [5.41, 5.74) is -0.639. The van der Waals surface area contributed by atoms with Crippen LogP contribution in [-0.2, 0) is 21.7 Å². The maximum absolute atomic E-state index is 12.8. The average Bonchev–Trinajstić information content (AvgIpc) is 2.96. The molecule has 0 bridgehead atoms. The summed E-state index contributed by atoms with van der Waals surface area (Å²) in [6, 6.07) is 11.6. The lowest BCUT2D eigenvalue weighted by atomic mass is 9.92. The van der Waals surface area contributed by atoms with Gasteiger partial charge in [0.15, 0.2) is 0 Å². The topological polar surface area (TPSA) is 117 Å². The number of ether oxygens (including phenoxy) is 1. The van der Waals surface area contributed by atoms with Crippen molar-refractivity contribution in [3.05, 3.63) is 65.7 Å². The number of alkyl halides is 3. The fourth-order valence-corrected chi connectivity index (χ4v) is 3.16. The first-order chi connectivity index (χ1) is 15.5. The van der Waals surface area contributed by atoms with Crippen molar-refractivity contribution in [3.8, 4) is 5.75 Å². The molecule has 2 aromatic rings. The number of carbonyl (C=O) groups is 4. The van der Waals surface area contributed by atoms with Gasteiger partial charge in [0.05, 0.1) is 0 Å². The summed E-state index contributed by atoms with van der Waals surface area (Å²) in [6.07, 6.45) is -4.87. The van der Waals surface area contributed by atoms with Gasteiger partial charge in [-0.25, -0.2) is 9.59 Å². The molecule has 1 aliphatic rings. The van der Waals surface area contributed by atoms with Crippen molar-refractivity contribution in [3.63, 3.8) is 0 Å². The molecule has 33 heavy (non-hydrogen) atoms. The SMILES string of the molecule is CC1(c2ccc(OC(F)(F)F)cc2)NC(=O)N(CC(=O)NC(=O)NCc2ccccc2)C1=O. The zero-order valence-corrected chi connectivity index (χ0v) is 17.2. The van der Waals surface area contributed by atoms with Gasteiger partial charge in [0.25, 0.3) is 5.91 Å². The first-order valence-corrected chi connectivity index (χ1v) is 9.60. The van der Waals surface area contributed by atoms with Gasteiger partial charge in [-0.05, 0) is 30.2 Å². The molecule has 174 valence electrons. The van der Waals surface area contributed by atoms with Gasteiger partial charge < -0.3 is 15.4 Å². The molecule has 0 aliphatic carbocycles. The van der Waals surface area contributed by atoms with Gasteiger partial charge in [-0.1, -0.05) is 42.5 Å². The number of hydrogen-bond donors (Lipinski definition) is 3. The van der Waals surface area contributed by atoms with Crippen molar-refractivity contribution in [2.24, 2.45) is 0 Å². The van der Waals surface area contributed by atoms with Crippen LogP contribution in [0.3, 0.4) is 0 Å². The predicted octanol–water partition coefficient (Wildman–Crippen LogP) is 2.38. The molecule has 3 rings (SSSR count). The fraction of sp³-hybridized carbons (Fsp3) is 0.238. The van der Waals surface area contributed by atoms with Crippen LogP contribution in [0, 0.1) is 0 Å². The third kappa shape index (κ3) is 5.79. The van der Waals surface area contributed by atoms with E-state index in [1.165, 1.54) is 19.1 Å². The van der Waals surface area contributed by atoms with E-state index in [0.29, 0.717) is 4.90 Å². The number of amides is 6. The molecule has 0 spiro atoms. The summed E-state index contributed by atoms with van der Waals surface area (Å²) < 4.78 is 40.8. The number of nitrogens with one attached hydrogen (secondary N) is 3. The van der Waals surface area contributed by atoms with E-state index in [0.717, 1.165) is 17.7 Å². The molecule has 1 fully saturated rings. The minimum atomic E-state index is -4.87. The molecule has 6 amide bonds. The van der Waals surface area contributed by atoms with E-state index in [-0.39, 0.29) is 12.1 Å². The van der Waals surface area contributed by atoms with Crippen molar-refractivity contribution in [2.45, 2.75) is 25.4 Å². The van der Waals surface area contributed by atoms with Crippen molar-refractivity contribution in [1.82, 2.24) is 20.9 Å². The van der Waals surface area contributed by atoms with Crippen molar-refractivity contribution < 1.29 is 37.1 Å². The van der Waals surface area contributed by atoms with E-state index in [1.807, 2.05) is 11.4 Å². The molecule has 1 saturated heterocycles. The molecular formula is C21H19F3N4O5. The summed E-state index contributed by atoms with van der Waals surface area (Å²) in [7, 11) is 0. The van der Waals surface area contributed by atoms with E-state index in [2.05, 4.69) is 15.4 Å². The molecule has 1 aliphatic heterocycles. The van der Waals surface area contributed by atoms with Gasteiger partial charge in [0.2, 0.25) is 5.91 Å². The highest BCUT2D eigenvalue weighted by Crippen LogP contribution is 2.31. The largest absolute Gasteiger partial charge is 0.573 e. The molecule has 0 saturated carbocycles. The second-order valence-electron chi connectivity index (χ2n) is 7.24. The lowest BCUT2D eigenvalue weighted by Crippen LogP contribution is -2.46. The maximum atomic E-state index is 12.8. The van der Waals surface area contributed by atoms with Gasteiger partial charge in [-0.2, -0.15) is 0 Å². The number of urea groups is 2. The van der Waals surface area contributed by atoms with E-state index in [1.54, 1.807) is 24.3 Å². The Labute approximate surface area is 185 Å². The van der Waals surface area contributed by atoms with Crippen LogP contribution in [-0.4, -0.2) is 41.7 Å². The number of nitrogens with zero attached hydrogens (tertiary/aromatic N) is 1. The van der Waals surface area contributed by atoms with Crippen molar-refractivity contribution in [1.29, 1.82) is 0 Å². The summed E-state index contributed by atoms with van der Waals surface area (Å²) in [6.45, 7) is 0.779. The summed E-state index contributed by atoms with van der Waals surface area (Å²) in [5.74, 6) is -2.21. The molecule has 2 aromatic carbocycles. The van der Waals surface area contributed by atoms with Crippen LogP contribution in [0.4, 0.5) is 22.8 Å². The predicted molar refractivity (Wildman–Crippen MR) is 108 cm³/mol. The highest BCUT2D eigenvalue weighted by atomic mass is 19.4. The molecular weight excluding hydrogens is 445 g/mol. The lowest BCUT2D eigenvalue weighted by molar-refractivity contribution is -0.274. The molecule has 1 heterocycles. The maximum Gasteiger partial charge on any atom is 0.573 e. The Morgan fingerprint density at radius 1 is 1.06 bits per heavy atom. The Morgan fingerprint density at radius 2 is 1.70 bits per heavy atom.